The molecule has 1 fully saturated rings. The van der Waals surface area contributed by atoms with Crippen LogP contribution in [-0.4, -0.2) is 73.6 Å². The zero-order chi connectivity index (χ0) is 25.5. The summed E-state index contributed by atoms with van der Waals surface area (Å²) in [5, 5.41) is 11.3. The van der Waals surface area contributed by atoms with E-state index in [2.05, 4.69) is 4.90 Å². The first-order valence-electron chi connectivity index (χ1n) is 11.9. The molecule has 1 amide bonds. The quantitative estimate of drug-likeness (QED) is 0.296. The minimum absolute atomic E-state index is 0.0188. The van der Waals surface area contributed by atoms with E-state index < -0.39 is 17.7 Å². The van der Waals surface area contributed by atoms with Crippen molar-refractivity contribution in [2.45, 2.75) is 26.8 Å². The van der Waals surface area contributed by atoms with E-state index in [0.29, 0.717) is 48.1 Å². The van der Waals surface area contributed by atoms with Crippen LogP contribution in [0, 0.1) is 0 Å². The van der Waals surface area contributed by atoms with Crippen molar-refractivity contribution in [2.24, 2.45) is 0 Å². The number of likely N-dealkylation sites (tertiary alicyclic amines) is 1. The molecule has 0 aromatic heterocycles. The summed E-state index contributed by atoms with van der Waals surface area (Å²) < 4.78 is 16.5. The zero-order valence-electron chi connectivity index (χ0n) is 21.0. The summed E-state index contributed by atoms with van der Waals surface area (Å²) in [7, 11) is 3.07. The van der Waals surface area contributed by atoms with E-state index in [1.54, 1.807) is 49.6 Å². The van der Waals surface area contributed by atoms with Crippen LogP contribution in [0.3, 0.4) is 0 Å². The topological polar surface area (TPSA) is 88.5 Å². The number of nitrogens with zero attached hydrogens (tertiary/aromatic N) is 2. The van der Waals surface area contributed by atoms with Gasteiger partial charge < -0.3 is 29.1 Å². The Balaban J connectivity index is 2.16. The Morgan fingerprint density at radius 3 is 2.20 bits per heavy atom. The van der Waals surface area contributed by atoms with E-state index >= 15 is 0 Å². The van der Waals surface area contributed by atoms with Crippen molar-refractivity contribution >= 4 is 17.4 Å². The van der Waals surface area contributed by atoms with Gasteiger partial charge in [-0.15, -0.1) is 0 Å². The van der Waals surface area contributed by atoms with Gasteiger partial charge in [-0.2, -0.15) is 0 Å². The maximum Gasteiger partial charge on any atom is 0.295 e. The van der Waals surface area contributed by atoms with Gasteiger partial charge in [-0.3, -0.25) is 9.59 Å². The van der Waals surface area contributed by atoms with Crippen LogP contribution in [0.5, 0.6) is 17.2 Å². The van der Waals surface area contributed by atoms with Gasteiger partial charge in [0.15, 0.2) is 0 Å². The highest BCUT2D eigenvalue weighted by molar-refractivity contribution is 6.46. The number of carbonyl (C=O) groups excluding carboxylic acids is 2. The fourth-order valence-electron chi connectivity index (χ4n) is 4.31. The number of hydrogen-bond acceptors (Lipinski definition) is 7. The first kappa shape index (κ1) is 26.1. The summed E-state index contributed by atoms with van der Waals surface area (Å²) in [4.78, 5) is 30.2. The average Bonchev–Trinajstić information content (AvgIpc) is 3.14. The molecule has 0 aliphatic carbocycles. The fourth-order valence-corrected chi connectivity index (χ4v) is 4.31. The highest BCUT2D eigenvalue weighted by Gasteiger charge is 2.47. The number of hydrogen-bond donors (Lipinski definition) is 1. The van der Waals surface area contributed by atoms with E-state index in [1.165, 1.54) is 12.0 Å². The van der Waals surface area contributed by atoms with Crippen molar-refractivity contribution in [3.8, 4) is 17.2 Å². The molecule has 0 saturated carbocycles. The minimum atomic E-state index is -0.831. The molecule has 3 rings (SSSR count). The third-order valence-corrected chi connectivity index (χ3v) is 6.26. The van der Waals surface area contributed by atoms with Crippen LogP contribution in [0.1, 0.15) is 37.9 Å². The highest BCUT2D eigenvalue weighted by atomic mass is 16.5. The lowest BCUT2D eigenvalue weighted by atomic mass is 9.94. The molecule has 1 aliphatic heterocycles. The van der Waals surface area contributed by atoms with Crippen LogP contribution in [-0.2, 0) is 9.59 Å². The van der Waals surface area contributed by atoms with Gasteiger partial charge in [0.05, 0.1) is 32.4 Å². The molecule has 1 saturated heterocycles. The molecule has 1 aliphatic rings. The monoisotopic (exact) mass is 482 g/mol. The lowest BCUT2D eigenvalue weighted by Crippen LogP contribution is -2.38. The number of Topliss-reactive ketones (excluding diaryl/α,β-unsaturated/α-hetero) is 1. The zero-order valence-corrected chi connectivity index (χ0v) is 21.0. The van der Waals surface area contributed by atoms with Crippen LogP contribution in [0.15, 0.2) is 48.0 Å². The largest absolute Gasteiger partial charge is 0.507 e. The van der Waals surface area contributed by atoms with Crippen molar-refractivity contribution in [1.82, 2.24) is 9.80 Å². The first-order valence-corrected chi connectivity index (χ1v) is 11.9. The van der Waals surface area contributed by atoms with Crippen molar-refractivity contribution in [3.63, 3.8) is 0 Å². The second kappa shape index (κ2) is 11.8. The van der Waals surface area contributed by atoms with Gasteiger partial charge in [-0.25, -0.2) is 0 Å². The SMILES string of the molecule is CCOc1ccc(C(O)=C2C(=O)C(=O)N(CCN(CC)CC)[C@H]2c2cc(OC)ccc2OC)cc1. The van der Waals surface area contributed by atoms with Crippen LogP contribution in [0.25, 0.3) is 5.76 Å². The summed E-state index contributed by atoms with van der Waals surface area (Å²) in [6, 6.07) is 11.2. The number of benzene rings is 2. The summed E-state index contributed by atoms with van der Waals surface area (Å²) >= 11 is 0. The fraction of sp³-hybridized carbons (Fsp3) is 0.407. The van der Waals surface area contributed by atoms with Crippen LogP contribution in [0.4, 0.5) is 0 Å². The van der Waals surface area contributed by atoms with Crippen molar-refractivity contribution in [1.29, 1.82) is 0 Å². The van der Waals surface area contributed by atoms with E-state index in [9.17, 15) is 14.7 Å². The van der Waals surface area contributed by atoms with E-state index in [-0.39, 0.29) is 11.3 Å². The van der Waals surface area contributed by atoms with Gasteiger partial charge in [0.25, 0.3) is 11.7 Å². The highest BCUT2D eigenvalue weighted by Crippen LogP contribution is 2.43. The van der Waals surface area contributed by atoms with Crippen molar-refractivity contribution < 1.29 is 28.9 Å². The Morgan fingerprint density at radius 2 is 1.63 bits per heavy atom. The predicted octanol–water partition coefficient (Wildman–Crippen LogP) is 3.87. The summed E-state index contributed by atoms with van der Waals surface area (Å²) in [6.45, 7) is 9.04. The summed E-state index contributed by atoms with van der Waals surface area (Å²) in [5.41, 5.74) is 1.01. The van der Waals surface area contributed by atoms with E-state index in [0.717, 1.165) is 13.1 Å². The molecular formula is C27H34N2O6. The number of methoxy groups -OCH3 is 2. The van der Waals surface area contributed by atoms with Crippen LogP contribution < -0.4 is 14.2 Å². The molecule has 2 aromatic rings. The standard InChI is InChI=1S/C27H34N2O6/c1-6-28(7-2)15-16-29-24(21-17-20(33-4)13-14-22(21)34-5)23(26(31)27(29)32)25(30)18-9-11-19(12-10-18)35-8-3/h9-14,17,24,30H,6-8,15-16H2,1-5H3/t24-/m0/s1. The maximum atomic E-state index is 13.3. The van der Waals surface area contributed by atoms with Gasteiger partial charge in [0.1, 0.15) is 23.0 Å². The molecule has 1 atom stereocenters. The Labute approximate surface area is 206 Å². The van der Waals surface area contributed by atoms with Gasteiger partial charge in [-0.05, 0) is 62.5 Å². The number of amides is 1. The Bertz CT molecular complexity index is 1080. The first-order chi connectivity index (χ1) is 16.9. The number of likely N-dealkylation sites (N-methyl/N-ethyl adjacent to an activating group) is 1. The normalized spacial score (nSPS) is 17.2. The molecule has 1 N–H and O–H groups in total. The number of aliphatic hydroxyl groups is 1. The maximum absolute atomic E-state index is 13.3. The second-order valence-electron chi connectivity index (χ2n) is 8.08. The molecule has 8 heteroatoms. The van der Waals surface area contributed by atoms with E-state index in [4.69, 9.17) is 14.2 Å². The second-order valence-corrected chi connectivity index (χ2v) is 8.08. The number of aliphatic hydroxyl groups excluding tert-OH is 1. The number of ketones is 1. The third-order valence-electron chi connectivity index (χ3n) is 6.26. The van der Waals surface area contributed by atoms with Crippen molar-refractivity contribution in [2.75, 3.05) is 47.0 Å². The van der Waals surface area contributed by atoms with Crippen LogP contribution >= 0.6 is 0 Å². The molecular weight excluding hydrogens is 448 g/mol. The molecule has 0 radical (unpaired) electrons. The smallest absolute Gasteiger partial charge is 0.295 e. The third kappa shape index (κ3) is 5.43. The van der Waals surface area contributed by atoms with Gasteiger partial charge in [0.2, 0.25) is 0 Å². The molecule has 1 heterocycles. The molecule has 0 bridgehead atoms. The van der Waals surface area contributed by atoms with Gasteiger partial charge in [0, 0.05) is 24.2 Å². The molecule has 0 spiro atoms. The minimum Gasteiger partial charge on any atom is -0.507 e. The van der Waals surface area contributed by atoms with E-state index in [1.807, 2.05) is 20.8 Å². The average molecular weight is 483 g/mol. The lowest BCUT2D eigenvalue weighted by Gasteiger charge is -2.29. The van der Waals surface area contributed by atoms with Crippen LogP contribution in [0.2, 0.25) is 0 Å². The molecule has 0 unspecified atom stereocenters. The van der Waals surface area contributed by atoms with Gasteiger partial charge in [-0.1, -0.05) is 13.8 Å². The Kier molecular flexibility index (Phi) is 8.76. The van der Waals surface area contributed by atoms with Crippen molar-refractivity contribution in [3.05, 3.63) is 59.2 Å². The molecule has 8 nitrogen and oxygen atoms in total. The summed E-state index contributed by atoms with van der Waals surface area (Å²) in [6.07, 6.45) is 0. The molecule has 188 valence electrons. The number of ether oxygens (including phenoxy) is 3. The molecule has 35 heavy (non-hydrogen) atoms. The van der Waals surface area contributed by atoms with Gasteiger partial charge >= 0.3 is 0 Å². The molecule has 2 aromatic carbocycles. The number of rotatable bonds is 11. The lowest BCUT2D eigenvalue weighted by molar-refractivity contribution is -0.140. The Hall–Kier alpha value is -3.52. The number of carbonyl (C=O) groups is 2. The Morgan fingerprint density at radius 1 is 0.971 bits per heavy atom. The summed E-state index contributed by atoms with van der Waals surface area (Å²) in [5.74, 6) is 0.0611. The predicted molar refractivity (Wildman–Crippen MR) is 134 cm³/mol.